The normalized spacial score (nSPS) is 18.4. The lowest BCUT2D eigenvalue weighted by atomic mass is 9.88. The maximum absolute atomic E-state index is 12.6. The molecule has 1 aliphatic heterocycles. The van der Waals surface area contributed by atoms with E-state index in [2.05, 4.69) is 35.2 Å². The zero-order chi connectivity index (χ0) is 28.9. The molecule has 218 valence electrons. The Kier molecular flexibility index (Phi) is 9.83. The second kappa shape index (κ2) is 13.1. The van der Waals surface area contributed by atoms with E-state index < -0.39 is 10.8 Å². The number of aromatic nitrogens is 4. The van der Waals surface area contributed by atoms with Gasteiger partial charge in [0.15, 0.2) is 0 Å². The van der Waals surface area contributed by atoms with Crippen molar-refractivity contribution in [3.63, 3.8) is 0 Å². The van der Waals surface area contributed by atoms with Gasteiger partial charge < -0.3 is 9.47 Å². The molecule has 0 bridgehead atoms. The van der Waals surface area contributed by atoms with Crippen molar-refractivity contribution < 1.29 is 23.4 Å². The number of carbonyl (C=O) groups excluding carboxylic acids is 1. The van der Waals surface area contributed by atoms with Crippen LogP contribution in [-0.4, -0.2) is 58.6 Å². The van der Waals surface area contributed by atoms with Crippen molar-refractivity contribution in [1.82, 2.24) is 24.3 Å². The molecule has 1 unspecified atom stereocenters. The number of hydrogen-bond donors (Lipinski definition) is 2. The van der Waals surface area contributed by atoms with Crippen LogP contribution in [0.3, 0.4) is 0 Å². The minimum absolute atomic E-state index is 0.0938. The topological polar surface area (TPSA) is 123 Å². The molecule has 0 spiro atoms. The number of pyridine rings is 1. The van der Waals surface area contributed by atoms with Crippen LogP contribution in [0.4, 0.5) is 0 Å². The number of benzene rings is 1. The van der Waals surface area contributed by atoms with Gasteiger partial charge >= 0.3 is 5.97 Å². The Morgan fingerprint density at radius 1 is 1.25 bits per heavy atom. The maximum atomic E-state index is 12.6. The summed E-state index contributed by atoms with van der Waals surface area (Å²) < 4.78 is 37.8. The van der Waals surface area contributed by atoms with Gasteiger partial charge in [0.25, 0.3) is 0 Å². The minimum atomic E-state index is -3.33. The quantitative estimate of drug-likeness (QED) is 0.270. The molecule has 10 nitrogen and oxygen atoms in total. The molecular weight excluding hydrogens is 530 g/mol. The first-order chi connectivity index (χ1) is 19.1. The van der Waals surface area contributed by atoms with Gasteiger partial charge in [-0.25, -0.2) is 4.68 Å². The van der Waals surface area contributed by atoms with Crippen LogP contribution >= 0.6 is 10.8 Å². The minimum Gasteiger partial charge on any atom is -0.487 e. The lowest BCUT2D eigenvalue weighted by Gasteiger charge is -2.41. The average Bonchev–Trinajstić information content (AvgIpc) is 3.37. The molecule has 1 aromatic carbocycles. The number of fused-ring (bicyclic) bond motifs is 1. The van der Waals surface area contributed by atoms with Gasteiger partial charge in [-0.15, -0.1) is 15.9 Å². The van der Waals surface area contributed by atoms with Gasteiger partial charge in [0.1, 0.15) is 16.7 Å². The van der Waals surface area contributed by atoms with Crippen LogP contribution in [0.25, 0.3) is 0 Å². The maximum Gasteiger partial charge on any atom is 0.306 e. The van der Waals surface area contributed by atoms with Gasteiger partial charge in [-0.3, -0.25) is 18.9 Å². The van der Waals surface area contributed by atoms with Gasteiger partial charge in [-0.05, 0) is 69.6 Å². The molecule has 1 aliphatic rings. The third-order valence-electron chi connectivity index (χ3n) is 7.30. The SMILES string of the molecule is CCOC(=O)CC(CCc1cn(C(C)C)nn1)c1ccc(C)c(CN2C[C@@H](CC)Oc3ccncc3S2(O)O)c1. The Bertz CT molecular complexity index is 1300. The van der Waals surface area contributed by atoms with Crippen molar-refractivity contribution in [1.29, 1.82) is 0 Å². The molecule has 3 aromatic rings. The largest absolute Gasteiger partial charge is 0.487 e. The Morgan fingerprint density at radius 3 is 2.75 bits per heavy atom. The van der Waals surface area contributed by atoms with Gasteiger partial charge in [0, 0.05) is 31.0 Å². The smallest absolute Gasteiger partial charge is 0.306 e. The summed E-state index contributed by atoms with van der Waals surface area (Å²) in [7, 11) is -3.33. The molecule has 3 heterocycles. The highest BCUT2D eigenvalue weighted by molar-refractivity contribution is 8.22. The fraction of sp³-hybridized carbons (Fsp3) is 0.517. The van der Waals surface area contributed by atoms with Crippen molar-refractivity contribution in [2.24, 2.45) is 0 Å². The van der Waals surface area contributed by atoms with E-state index in [0.717, 1.165) is 28.8 Å². The fourth-order valence-corrected chi connectivity index (χ4v) is 6.40. The van der Waals surface area contributed by atoms with E-state index in [1.165, 1.54) is 6.20 Å². The molecule has 0 radical (unpaired) electrons. The van der Waals surface area contributed by atoms with E-state index >= 15 is 0 Å². The van der Waals surface area contributed by atoms with Crippen LogP contribution in [0.5, 0.6) is 5.75 Å². The van der Waals surface area contributed by atoms with E-state index in [9.17, 15) is 13.9 Å². The molecule has 4 rings (SSSR count). The third-order valence-corrected chi connectivity index (χ3v) is 9.20. The Labute approximate surface area is 238 Å². The molecular formula is C29H41N5O5S. The van der Waals surface area contributed by atoms with Gasteiger partial charge in [0.2, 0.25) is 0 Å². The molecule has 0 fully saturated rings. The lowest BCUT2D eigenvalue weighted by Crippen LogP contribution is -2.34. The lowest BCUT2D eigenvalue weighted by molar-refractivity contribution is -0.143. The van der Waals surface area contributed by atoms with Crippen molar-refractivity contribution in [3.05, 3.63) is 65.2 Å². The van der Waals surface area contributed by atoms with Crippen molar-refractivity contribution in [3.8, 4) is 5.75 Å². The van der Waals surface area contributed by atoms with Crippen molar-refractivity contribution in [2.75, 3.05) is 13.2 Å². The molecule has 11 heteroatoms. The molecule has 0 amide bonds. The number of nitrogens with zero attached hydrogens (tertiary/aromatic N) is 5. The van der Waals surface area contributed by atoms with Crippen molar-refractivity contribution in [2.45, 2.75) is 89.8 Å². The third kappa shape index (κ3) is 7.01. The number of hydrogen-bond acceptors (Lipinski definition) is 9. The molecule has 0 aliphatic carbocycles. The van der Waals surface area contributed by atoms with E-state index in [0.29, 0.717) is 43.2 Å². The highest BCUT2D eigenvalue weighted by Gasteiger charge is 2.35. The highest BCUT2D eigenvalue weighted by atomic mass is 32.3. The monoisotopic (exact) mass is 571 g/mol. The van der Waals surface area contributed by atoms with E-state index in [4.69, 9.17) is 9.47 Å². The van der Waals surface area contributed by atoms with Crippen molar-refractivity contribution >= 4 is 16.7 Å². The molecule has 2 N–H and O–H groups in total. The fourth-order valence-electron chi connectivity index (χ4n) is 4.84. The van der Waals surface area contributed by atoms with Crippen LogP contribution in [0.2, 0.25) is 0 Å². The Balaban J connectivity index is 1.61. The van der Waals surface area contributed by atoms with Gasteiger partial charge in [-0.2, -0.15) is 4.31 Å². The summed E-state index contributed by atoms with van der Waals surface area (Å²) in [5.41, 5.74) is 3.87. The zero-order valence-corrected chi connectivity index (χ0v) is 24.8. The summed E-state index contributed by atoms with van der Waals surface area (Å²) in [6, 6.07) is 8.07. The second-order valence-corrected chi connectivity index (χ2v) is 12.5. The zero-order valence-electron chi connectivity index (χ0n) is 24.0. The van der Waals surface area contributed by atoms with Crippen LogP contribution in [0.1, 0.15) is 81.3 Å². The molecule has 40 heavy (non-hydrogen) atoms. The molecule has 2 atom stereocenters. The van der Waals surface area contributed by atoms with Crippen LogP contribution in [0.15, 0.2) is 47.8 Å². The Hall–Kier alpha value is -2.99. The summed E-state index contributed by atoms with van der Waals surface area (Å²) in [5, 5.41) is 8.51. The number of esters is 1. The van der Waals surface area contributed by atoms with Crippen LogP contribution < -0.4 is 4.74 Å². The molecule has 2 aromatic heterocycles. The van der Waals surface area contributed by atoms with E-state index in [1.54, 1.807) is 16.6 Å². The standard InChI is InChI=1S/C29H41N5O5S/c1-6-26-19-33(40(36,37)28-16-30-13-12-27(28)39-26)17-24-14-22(9-8-21(24)5)23(15-29(35)38-7-2)10-11-25-18-34(20(3)4)32-31-25/h8-9,12-14,16,18,20,23,26,36-37H,6-7,10-11,15,17,19H2,1-5H3/t23?,26-/m1/s1. The average molecular weight is 572 g/mol. The number of rotatable bonds is 11. The summed E-state index contributed by atoms with van der Waals surface area (Å²) in [6.45, 7) is 10.9. The van der Waals surface area contributed by atoms with Crippen LogP contribution in [-0.2, 0) is 22.5 Å². The predicted octanol–water partition coefficient (Wildman–Crippen LogP) is 5.93. The highest BCUT2D eigenvalue weighted by Crippen LogP contribution is 2.57. The summed E-state index contributed by atoms with van der Waals surface area (Å²) in [5.74, 6) is 0.122. The summed E-state index contributed by atoms with van der Waals surface area (Å²) >= 11 is 0. The first-order valence-electron chi connectivity index (χ1n) is 13.9. The van der Waals surface area contributed by atoms with E-state index in [-0.39, 0.29) is 30.5 Å². The molecule has 0 saturated heterocycles. The number of carbonyl (C=O) groups is 1. The van der Waals surface area contributed by atoms with Crippen LogP contribution in [0, 0.1) is 6.92 Å². The first-order valence-corrected chi connectivity index (χ1v) is 15.4. The van der Waals surface area contributed by atoms with E-state index in [1.807, 2.05) is 43.8 Å². The molecule has 0 saturated carbocycles. The summed E-state index contributed by atoms with van der Waals surface area (Å²) in [4.78, 5) is 17.0. The number of ether oxygens (including phenoxy) is 2. The van der Waals surface area contributed by atoms with Gasteiger partial charge in [0.05, 0.1) is 31.5 Å². The second-order valence-electron chi connectivity index (χ2n) is 10.5. The van der Waals surface area contributed by atoms with Gasteiger partial charge in [-0.1, -0.05) is 30.3 Å². The Morgan fingerprint density at radius 2 is 2.05 bits per heavy atom. The number of aryl methyl sites for hydroxylation is 2. The predicted molar refractivity (Wildman–Crippen MR) is 154 cm³/mol. The first kappa shape index (κ1) is 30.0. The summed E-state index contributed by atoms with van der Waals surface area (Å²) in [6.07, 6.45) is 7.16.